The van der Waals surface area contributed by atoms with Crippen molar-refractivity contribution in [1.82, 2.24) is 15.2 Å². The number of halogens is 1. The summed E-state index contributed by atoms with van der Waals surface area (Å²) >= 11 is 5.16. The van der Waals surface area contributed by atoms with Crippen LogP contribution < -0.4 is 0 Å². The number of aromatic amines is 2. The van der Waals surface area contributed by atoms with Gasteiger partial charge in [-0.3, -0.25) is 5.10 Å². The number of hydrogen-bond acceptors (Lipinski definition) is 2. The van der Waals surface area contributed by atoms with Gasteiger partial charge in [0, 0.05) is 20.8 Å². The number of nitrogens with zero attached hydrogens (tertiary/aromatic N) is 1. The zero-order valence-corrected chi connectivity index (χ0v) is 11.6. The van der Waals surface area contributed by atoms with Gasteiger partial charge in [0.2, 0.25) is 0 Å². The summed E-state index contributed by atoms with van der Waals surface area (Å²) in [6.45, 7) is 0. The van der Waals surface area contributed by atoms with E-state index in [2.05, 4.69) is 60.8 Å². The molecule has 0 amide bonds. The molecule has 0 unspecified atom stereocenters. The molecule has 0 atom stereocenters. The van der Waals surface area contributed by atoms with Crippen molar-refractivity contribution in [3.8, 4) is 11.4 Å². The summed E-state index contributed by atoms with van der Waals surface area (Å²) in [7, 11) is 0. The van der Waals surface area contributed by atoms with Gasteiger partial charge in [0.05, 0.1) is 5.69 Å². The van der Waals surface area contributed by atoms with Crippen LogP contribution in [0.1, 0.15) is 0 Å². The van der Waals surface area contributed by atoms with Crippen molar-refractivity contribution < 1.29 is 0 Å². The molecule has 5 heteroatoms. The lowest BCUT2D eigenvalue weighted by Gasteiger charge is -1.90. The molecular weight excluding hydrogens is 310 g/mol. The Balaban J connectivity index is 1.99. The second kappa shape index (κ2) is 3.70. The van der Waals surface area contributed by atoms with E-state index >= 15 is 0 Å². The van der Waals surface area contributed by atoms with Crippen LogP contribution in [0, 0.1) is 0 Å². The van der Waals surface area contributed by atoms with Crippen molar-refractivity contribution in [3.63, 3.8) is 0 Å². The Kier molecular flexibility index (Phi) is 2.13. The van der Waals surface area contributed by atoms with Gasteiger partial charge < -0.3 is 4.98 Å². The third-order valence-electron chi connectivity index (χ3n) is 3.03. The fourth-order valence-corrected chi connectivity index (χ4v) is 3.29. The summed E-state index contributed by atoms with van der Waals surface area (Å²) in [5, 5.41) is 11.9. The Labute approximate surface area is 115 Å². The molecule has 0 fully saturated rings. The topological polar surface area (TPSA) is 44.5 Å². The van der Waals surface area contributed by atoms with E-state index in [-0.39, 0.29) is 0 Å². The minimum Gasteiger partial charge on any atom is -0.353 e. The second-order valence-corrected chi connectivity index (χ2v) is 5.98. The highest BCUT2D eigenvalue weighted by Crippen LogP contribution is 2.31. The zero-order chi connectivity index (χ0) is 12.1. The van der Waals surface area contributed by atoms with Crippen LogP contribution in [0.3, 0.4) is 0 Å². The lowest BCUT2D eigenvalue weighted by Crippen LogP contribution is -1.77. The first kappa shape index (κ1) is 10.3. The van der Waals surface area contributed by atoms with Crippen LogP contribution in [-0.4, -0.2) is 15.2 Å². The molecule has 0 bridgehead atoms. The van der Waals surface area contributed by atoms with Gasteiger partial charge in [0.15, 0.2) is 0 Å². The number of nitrogens with one attached hydrogen (secondary N) is 2. The molecule has 2 N–H and O–H groups in total. The van der Waals surface area contributed by atoms with E-state index in [9.17, 15) is 0 Å². The molecule has 0 saturated heterocycles. The van der Waals surface area contributed by atoms with E-state index in [4.69, 9.17) is 0 Å². The molecule has 0 saturated carbocycles. The third kappa shape index (κ3) is 1.44. The van der Waals surface area contributed by atoms with Crippen molar-refractivity contribution in [2.75, 3.05) is 0 Å². The molecule has 0 spiro atoms. The van der Waals surface area contributed by atoms with Gasteiger partial charge in [-0.15, -0.1) is 11.3 Å². The maximum atomic E-state index is 4.39. The number of aromatic nitrogens is 3. The van der Waals surface area contributed by atoms with Gasteiger partial charge in [-0.1, -0.05) is 15.9 Å². The molecule has 88 valence electrons. The van der Waals surface area contributed by atoms with E-state index < -0.39 is 0 Å². The number of hydrogen-bond donors (Lipinski definition) is 2. The Morgan fingerprint density at radius 1 is 1.17 bits per heavy atom. The van der Waals surface area contributed by atoms with Crippen molar-refractivity contribution in [3.05, 3.63) is 40.2 Å². The molecule has 4 rings (SSSR count). The fraction of sp³-hybridized carbons (Fsp3) is 0. The number of H-pyrrole nitrogens is 2. The minimum absolute atomic E-state index is 0.985. The molecule has 0 aliphatic heterocycles. The van der Waals surface area contributed by atoms with Crippen LogP contribution in [0.4, 0.5) is 0 Å². The molecule has 4 aromatic rings. The summed E-state index contributed by atoms with van der Waals surface area (Å²) in [5.41, 5.74) is 3.16. The maximum Gasteiger partial charge on any atom is 0.118 e. The van der Waals surface area contributed by atoms with Crippen LogP contribution in [0.25, 0.3) is 32.5 Å². The number of fused-ring (bicyclic) bond motifs is 2. The first-order valence-electron chi connectivity index (χ1n) is 5.51. The molecule has 3 nitrogen and oxygen atoms in total. The summed E-state index contributed by atoms with van der Waals surface area (Å²) < 4.78 is 1.09. The Morgan fingerprint density at radius 2 is 2.11 bits per heavy atom. The molecule has 0 radical (unpaired) electrons. The standard InChI is InChI=1S/C13H8BrN3S/c14-8-1-2-10-7(5-8)6-11(15-10)12-9-3-4-18-13(9)17-16-12/h1-6,15H,(H,16,17). The summed E-state index contributed by atoms with van der Waals surface area (Å²) in [6, 6.07) is 10.4. The Morgan fingerprint density at radius 3 is 3.06 bits per heavy atom. The van der Waals surface area contributed by atoms with Gasteiger partial charge in [0.25, 0.3) is 0 Å². The van der Waals surface area contributed by atoms with E-state index in [1.165, 1.54) is 10.8 Å². The highest BCUT2D eigenvalue weighted by Gasteiger charge is 2.11. The summed E-state index contributed by atoms with van der Waals surface area (Å²) in [5.74, 6) is 0. The average Bonchev–Trinajstić information content (AvgIpc) is 3.00. The first-order chi connectivity index (χ1) is 8.81. The van der Waals surface area contributed by atoms with Crippen LogP contribution in [0.5, 0.6) is 0 Å². The predicted octanol–water partition coefficient (Wildman–Crippen LogP) is 4.54. The van der Waals surface area contributed by atoms with Crippen molar-refractivity contribution in [2.24, 2.45) is 0 Å². The number of thiophene rings is 1. The van der Waals surface area contributed by atoms with E-state index in [1.54, 1.807) is 11.3 Å². The highest BCUT2D eigenvalue weighted by molar-refractivity contribution is 9.10. The zero-order valence-electron chi connectivity index (χ0n) is 9.20. The first-order valence-corrected chi connectivity index (χ1v) is 7.19. The molecule has 3 heterocycles. The van der Waals surface area contributed by atoms with Gasteiger partial charge in [-0.05, 0) is 35.7 Å². The van der Waals surface area contributed by atoms with Gasteiger partial charge in [-0.25, -0.2) is 0 Å². The largest absolute Gasteiger partial charge is 0.353 e. The van der Waals surface area contributed by atoms with Crippen LogP contribution in [0.15, 0.2) is 40.2 Å². The summed E-state index contributed by atoms with van der Waals surface area (Å²) in [6.07, 6.45) is 0. The molecule has 3 aromatic heterocycles. The molecular formula is C13H8BrN3S. The molecule has 1 aromatic carbocycles. The number of benzene rings is 1. The van der Waals surface area contributed by atoms with Crippen molar-refractivity contribution in [1.29, 1.82) is 0 Å². The molecule has 18 heavy (non-hydrogen) atoms. The van der Waals surface area contributed by atoms with Crippen LogP contribution in [0.2, 0.25) is 0 Å². The van der Waals surface area contributed by atoms with Gasteiger partial charge >= 0.3 is 0 Å². The van der Waals surface area contributed by atoms with E-state index in [0.29, 0.717) is 0 Å². The number of rotatable bonds is 1. The SMILES string of the molecule is Brc1ccc2[nH]c(-c3n[nH]c4sccc34)cc2c1. The summed E-state index contributed by atoms with van der Waals surface area (Å²) in [4.78, 5) is 4.52. The van der Waals surface area contributed by atoms with Gasteiger partial charge in [-0.2, -0.15) is 5.10 Å². The van der Waals surface area contributed by atoms with Crippen LogP contribution >= 0.6 is 27.3 Å². The quantitative estimate of drug-likeness (QED) is 0.532. The maximum absolute atomic E-state index is 4.39. The molecule has 0 aliphatic rings. The monoisotopic (exact) mass is 317 g/mol. The minimum atomic E-state index is 0.985. The van der Waals surface area contributed by atoms with Crippen molar-refractivity contribution in [2.45, 2.75) is 0 Å². The lowest BCUT2D eigenvalue weighted by molar-refractivity contribution is 1.12. The smallest absolute Gasteiger partial charge is 0.118 e. The van der Waals surface area contributed by atoms with E-state index in [0.717, 1.165) is 26.2 Å². The van der Waals surface area contributed by atoms with E-state index in [1.807, 2.05) is 6.07 Å². The second-order valence-electron chi connectivity index (χ2n) is 4.15. The normalized spacial score (nSPS) is 11.6. The van der Waals surface area contributed by atoms with Gasteiger partial charge in [0.1, 0.15) is 10.5 Å². The Bertz CT molecular complexity index is 855. The van der Waals surface area contributed by atoms with Crippen LogP contribution in [-0.2, 0) is 0 Å². The predicted molar refractivity (Wildman–Crippen MR) is 79.0 cm³/mol. The highest BCUT2D eigenvalue weighted by atomic mass is 79.9. The third-order valence-corrected chi connectivity index (χ3v) is 4.34. The molecule has 0 aliphatic carbocycles. The van der Waals surface area contributed by atoms with Crippen molar-refractivity contribution >= 4 is 48.4 Å². The average molecular weight is 318 g/mol. The lowest BCUT2D eigenvalue weighted by atomic mass is 10.2. The fourth-order valence-electron chi connectivity index (χ4n) is 2.19. The Hall–Kier alpha value is -1.59.